The zero-order valence-corrected chi connectivity index (χ0v) is 13.2. The predicted molar refractivity (Wildman–Crippen MR) is 84.2 cm³/mol. The van der Waals surface area contributed by atoms with Gasteiger partial charge in [0.25, 0.3) is 0 Å². The summed E-state index contributed by atoms with van der Waals surface area (Å²) in [6.45, 7) is 6.65. The fourth-order valence-electron chi connectivity index (χ4n) is 2.40. The molecule has 22 heavy (non-hydrogen) atoms. The largest absolute Gasteiger partial charge is 0.469 e. The maximum Gasteiger partial charge on any atom is 0.174 e. The lowest BCUT2D eigenvalue weighted by molar-refractivity contribution is 0.529. The van der Waals surface area contributed by atoms with Crippen LogP contribution < -0.4 is 4.90 Å². The number of hydrogen-bond donors (Lipinski definition) is 0. The Morgan fingerprint density at radius 2 is 2.05 bits per heavy atom. The molecule has 0 saturated carbocycles. The van der Waals surface area contributed by atoms with Crippen LogP contribution in [-0.4, -0.2) is 26.8 Å². The van der Waals surface area contributed by atoms with Crippen molar-refractivity contribution in [3.63, 3.8) is 0 Å². The van der Waals surface area contributed by atoms with Gasteiger partial charge in [0.1, 0.15) is 11.6 Å². The van der Waals surface area contributed by atoms with Gasteiger partial charge in [-0.05, 0) is 32.9 Å². The van der Waals surface area contributed by atoms with Gasteiger partial charge < -0.3 is 9.32 Å². The smallest absolute Gasteiger partial charge is 0.174 e. The van der Waals surface area contributed by atoms with Crippen LogP contribution in [0.5, 0.6) is 0 Å². The van der Waals surface area contributed by atoms with Crippen molar-refractivity contribution in [2.75, 3.05) is 11.9 Å². The molecule has 0 fully saturated rings. The normalized spacial score (nSPS) is 10.9. The highest BCUT2D eigenvalue weighted by Crippen LogP contribution is 2.17. The minimum absolute atomic E-state index is 0.720. The standard InChI is InChI=1S/C16H19N5O/c1-11-7-12(2)21(19-11)16-9-17-8-15(18-16)20(4)10-14-5-6-22-13(14)3/h5-9H,10H2,1-4H3. The second-order valence-electron chi connectivity index (χ2n) is 5.43. The Morgan fingerprint density at radius 3 is 2.68 bits per heavy atom. The second-order valence-corrected chi connectivity index (χ2v) is 5.43. The summed E-state index contributed by atoms with van der Waals surface area (Å²) in [6.07, 6.45) is 5.18. The van der Waals surface area contributed by atoms with Gasteiger partial charge in [0.2, 0.25) is 0 Å². The molecule has 3 aromatic rings. The fraction of sp³-hybridized carbons (Fsp3) is 0.312. The monoisotopic (exact) mass is 297 g/mol. The number of aryl methyl sites for hydroxylation is 3. The zero-order chi connectivity index (χ0) is 15.7. The van der Waals surface area contributed by atoms with Crippen LogP contribution in [0.25, 0.3) is 5.82 Å². The molecule has 6 heteroatoms. The van der Waals surface area contributed by atoms with Crippen molar-refractivity contribution in [2.24, 2.45) is 0 Å². The quantitative estimate of drug-likeness (QED) is 0.741. The number of hydrogen-bond acceptors (Lipinski definition) is 5. The molecule has 0 aromatic carbocycles. The van der Waals surface area contributed by atoms with Gasteiger partial charge in [0.15, 0.2) is 5.82 Å². The molecule has 0 atom stereocenters. The highest BCUT2D eigenvalue weighted by Gasteiger charge is 2.11. The molecule has 0 aliphatic carbocycles. The summed E-state index contributed by atoms with van der Waals surface area (Å²) in [5, 5.41) is 4.45. The van der Waals surface area contributed by atoms with Gasteiger partial charge >= 0.3 is 0 Å². The van der Waals surface area contributed by atoms with Crippen LogP contribution >= 0.6 is 0 Å². The van der Waals surface area contributed by atoms with E-state index in [4.69, 9.17) is 4.42 Å². The second kappa shape index (κ2) is 5.63. The Kier molecular flexibility index (Phi) is 3.66. The van der Waals surface area contributed by atoms with E-state index < -0.39 is 0 Å². The van der Waals surface area contributed by atoms with Crippen molar-refractivity contribution in [2.45, 2.75) is 27.3 Å². The van der Waals surface area contributed by atoms with Crippen LogP contribution in [0.1, 0.15) is 22.7 Å². The van der Waals surface area contributed by atoms with E-state index in [1.807, 2.05) is 49.5 Å². The Hall–Kier alpha value is -2.63. The summed E-state index contributed by atoms with van der Waals surface area (Å²) in [6, 6.07) is 4.00. The van der Waals surface area contributed by atoms with E-state index in [2.05, 4.69) is 15.1 Å². The summed E-state index contributed by atoms with van der Waals surface area (Å²) >= 11 is 0. The Labute approximate surface area is 129 Å². The topological polar surface area (TPSA) is 60.0 Å². The van der Waals surface area contributed by atoms with Crippen LogP contribution in [0, 0.1) is 20.8 Å². The maximum absolute atomic E-state index is 5.34. The number of nitrogens with zero attached hydrogens (tertiary/aromatic N) is 5. The zero-order valence-electron chi connectivity index (χ0n) is 13.2. The molecule has 0 amide bonds. The number of aromatic nitrogens is 4. The van der Waals surface area contributed by atoms with Crippen LogP contribution in [0.15, 0.2) is 35.2 Å². The van der Waals surface area contributed by atoms with E-state index in [0.29, 0.717) is 0 Å². The van der Waals surface area contributed by atoms with Crippen molar-refractivity contribution < 1.29 is 4.42 Å². The van der Waals surface area contributed by atoms with Gasteiger partial charge in [-0.25, -0.2) is 9.67 Å². The summed E-state index contributed by atoms with van der Waals surface area (Å²) in [5.74, 6) is 2.44. The van der Waals surface area contributed by atoms with Crippen molar-refractivity contribution in [3.05, 3.63) is 53.5 Å². The average molecular weight is 297 g/mol. The predicted octanol–water partition coefficient (Wildman–Crippen LogP) is 2.82. The molecule has 6 nitrogen and oxygen atoms in total. The first-order valence-electron chi connectivity index (χ1n) is 7.14. The first-order chi connectivity index (χ1) is 10.5. The van der Waals surface area contributed by atoms with Gasteiger partial charge in [0, 0.05) is 24.8 Å². The SMILES string of the molecule is Cc1cc(C)n(-c2cncc(N(C)Cc3ccoc3C)n2)n1. The van der Waals surface area contributed by atoms with Crippen LogP contribution in [0.3, 0.4) is 0 Å². The van der Waals surface area contributed by atoms with Gasteiger partial charge in [-0.15, -0.1) is 0 Å². The number of furan rings is 1. The Bertz CT molecular complexity index is 789. The minimum Gasteiger partial charge on any atom is -0.469 e. The molecule has 3 rings (SSSR count). The van der Waals surface area contributed by atoms with Gasteiger partial charge in [-0.3, -0.25) is 4.98 Å². The van der Waals surface area contributed by atoms with E-state index in [0.717, 1.165) is 40.9 Å². The number of anilines is 1. The van der Waals surface area contributed by atoms with Crippen LogP contribution in [0.4, 0.5) is 5.82 Å². The summed E-state index contributed by atoms with van der Waals surface area (Å²) in [5.41, 5.74) is 3.14. The molecule has 0 radical (unpaired) electrons. The molecule has 0 aliphatic rings. The Balaban J connectivity index is 1.87. The van der Waals surface area contributed by atoms with Crippen molar-refractivity contribution in [1.82, 2.24) is 19.7 Å². The molecule has 3 aromatic heterocycles. The van der Waals surface area contributed by atoms with E-state index >= 15 is 0 Å². The first kappa shape index (κ1) is 14.3. The van der Waals surface area contributed by atoms with Crippen molar-refractivity contribution in [3.8, 4) is 5.82 Å². The van der Waals surface area contributed by atoms with Gasteiger partial charge in [0.05, 0.1) is 24.4 Å². The third kappa shape index (κ3) is 2.72. The van der Waals surface area contributed by atoms with E-state index in [1.54, 1.807) is 18.7 Å². The summed E-state index contributed by atoms with van der Waals surface area (Å²) in [4.78, 5) is 11.0. The van der Waals surface area contributed by atoms with Crippen LogP contribution in [-0.2, 0) is 6.54 Å². The lowest BCUT2D eigenvalue weighted by atomic mass is 10.2. The molecule has 114 valence electrons. The van der Waals surface area contributed by atoms with E-state index in [1.165, 1.54) is 0 Å². The molecule has 0 spiro atoms. The van der Waals surface area contributed by atoms with Gasteiger partial charge in [-0.1, -0.05) is 0 Å². The van der Waals surface area contributed by atoms with Gasteiger partial charge in [-0.2, -0.15) is 5.10 Å². The lowest BCUT2D eigenvalue weighted by Gasteiger charge is -2.18. The molecule has 0 N–H and O–H groups in total. The molecule has 3 heterocycles. The molecule has 0 unspecified atom stereocenters. The van der Waals surface area contributed by atoms with E-state index in [-0.39, 0.29) is 0 Å². The summed E-state index contributed by atoms with van der Waals surface area (Å²) < 4.78 is 7.14. The molecular formula is C16H19N5O. The molecule has 0 saturated heterocycles. The minimum atomic E-state index is 0.720. The average Bonchev–Trinajstić information content (AvgIpc) is 3.05. The first-order valence-corrected chi connectivity index (χ1v) is 7.14. The summed E-state index contributed by atoms with van der Waals surface area (Å²) in [7, 11) is 1.99. The maximum atomic E-state index is 5.34. The van der Waals surface area contributed by atoms with Crippen LogP contribution in [0.2, 0.25) is 0 Å². The third-order valence-electron chi connectivity index (χ3n) is 3.60. The highest BCUT2D eigenvalue weighted by molar-refractivity contribution is 5.40. The molecule has 0 aliphatic heterocycles. The van der Waals surface area contributed by atoms with E-state index in [9.17, 15) is 0 Å². The molecule has 0 bridgehead atoms. The Morgan fingerprint density at radius 1 is 1.23 bits per heavy atom. The third-order valence-corrected chi connectivity index (χ3v) is 3.60. The lowest BCUT2D eigenvalue weighted by Crippen LogP contribution is -2.19. The number of rotatable bonds is 4. The molecular weight excluding hydrogens is 278 g/mol. The van der Waals surface area contributed by atoms with Crippen molar-refractivity contribution >= 4 is 5.82 Å². The highest BCUT2D eigenvalue weighted by atomic mass is 16.3. The van der Waals surface area contributed by atoms with Crippen molar-refractivity contribution in [1.29, 1.82) is 0 Å². The fourth-order valence-corrected chi connectivity index (χ4v) is 2.40.